The van der Waals surface area contributed by atoms with Gasteiger partial charge in [-0.05, 0) is 42.9 Å². The number of nitrogen functional groups attached to an aromatic ring is 1. The largest absolute Gasteiger partial charge is 0.383 e. The zero-order valence-corrected chi connectivity index (χ0v) is 20.3. The molecule has 176 valence electrons. The quantitative estimate of drug-likeness (QED) is 0.592. The fraction of sp³-hybridized carbons (Fsp3) is 0.478. The molecule has 0 unspecified atom stereocenters. The van der Waals surface area contributed by atoms with Gasteiger partial charge < -0.3 is 10.6 Å². The predicted octanol–water partition coefficient (Wildman–Crippen LogP) is 3.09. The van der Waals surface area contributed by atoms with E-state index < -0.39 is 15.8 Å². The van der Waals surface area contributed by atoms with Crippen molar-refractivity contribution in [1.29, 1.82) is 0 Å². The molecule has 0 radical (unpaired) electrons. The fourth-order valence-corrected chi connectivity index (χ4v) is 7.67. The summed E-state index contributed by atoms with van der Waals surface area (Å²) in [5, 5.41) is 1.04. The van der Waals surface area contributed by atoms with Gasteiger partial charge in [0, 0.05) is 44.0 Å². The van der Waals surface area contributed by atoms with Crippen LogP contribution in [0, 0.1) is 11.7 Å². The average molecular weight is 490 g/mol. The van der Waals surface area contributed by atoms with E-state index in [4.69, 9.17) is 10.7 Å². The van der Waals surface area contributed by atoms with E-state index in [-0.39, 0.29) is 4.90 Å². The van der Waals surface area contributed by atoms with Gasteiger partial charge in [-0.3, -0.25) is 0 Å². The Morgan fingerprint density at radius 2 is 1.94 bits per heavy atom. The van der Waals surface area contributed by atoms with Crippen LogP contribution < -0.4 is 5.73 Å². The van der Waals surface area contributed by atoms with Gasteiger partial charge in [0.1, 0.15) is 27.2 Å². The van der Waals surface area contributed by atoms with Crippen LogP contribution in [0.5, 0.6) is 0 Å². The summed E-state index contributed by atoms with van der Waals surface area (Å²) >= 11 is 1.75. The molecule has 1 saturated heterocycles. The summed E-state index contributed by atoms with van der Waals surface area (Å²) in [6.45, 7) is 4.83. The second-order valence-electron chi connectivity index (χ2n) is 8.98. The van der Waals surface area contributed by atoms with E-state index in [1.165, 1.54) is 39.4 Å². The highest BCUT2D eigenvalue weighted by molar-refractivity contribution is 7.89. The van der Waals surface area contributed by atoms with E-state index in [1.54, 1.807) is 17.4 Å². The number of rotatable bonds is 5. The predicted molar refractivity (Wildman–Crippen MR) is 128 cm³/mol. The molecule has 2 aliphatic rings. The van der Waals surface area contributed by atoms with Crippen molar-refractivity contribution < 1.29 is 12.8 Å². The van der Waals surface area contributed by atoms with Crippen molar-refractivity contribution in [3.05, 3.63) is 46.3 Å². The minimum atomic E-state index is -3.83. The number of piperazine rings is 1. The Labute approximate surface area is 197 Å². The van der Waals surface area contributed by atoms with Gasteiger partial charge in [-0.25, -0.2) is 22.8 Å². The first kappa shape index (κ1) is 22.6. The van der Waals surface area contributed by atoms with Crippen LogP contribution >= 0.6 is 11.3 Å². The third-order valence-corrected chi connectivity index (χ3v) is 9.75. The maximum absolute atomic E-state index is 14.0. The normalized spacial score (nSPS) is 20.2. The Morgan fingerprint density at radius 3 is 2.70 bits per heavy atom. The second-order valence-corrected chi connectivity index (χ2v) is 12.0. The van der Waals surface area contributed by atoms with Crippen molar-refractivity contribution in [3.8, 4) is 0 Å². The molecule has 3 heterocycles. The summed E-state index contributed by atoms with van der Waals surface area (Å²) in [5.74, 6) is 1.28. The summed E-state index contributed by atoms with van der Waals surface area (Å²) in [6, 6.07) is 5.53. The molecule has 1 aliphatic heterocycles. The molecular formula is C23H28FN5O2S2. The first-order chi connectivity index (χ1) is 15.8. The number of hydrogen-bond acceptors (Lipinski definition) is 7. The van der Waals surface area contributed by atoms with Gasteiger partial charge in [0.25, 0.3) is 0 Å². The van der Waals surface area contributed by atoms with Crippen LogP contribution in [0.25, 0.3) is 10.2 Å². The SMILES string of the molecule is C[C@H]1CCc2c(sc3nc(CCN4CCN(S(=O)(=O)c5ccccc5F)CC4)nc(N)c23)C1. The number of benzene rings is 1. The van der Waals surface area contributed by atoms with Crippen molar-refractivity contribution in [3.63, 3.8) is 0 Å². The number of halogens is 1. The number of nitrogens with two attached hydrogens (primary N) is 1. The van der Waals surface area contributed by atoms with Gasteiger partial charge in [-0.2, -0.15) is 4.31 Å². The molecule has 0 amide bonds. The third-order valence-electron chi connectivity index (χ3n) is 6.67. The van der Waals surface area contributed by atoms with E-state index in [9.17, 15) is 12.8 Å². The van der Waals surface area contributed by atoms with Crippen molar-refractivity contribution in [2.75, 3.05) is 38.5 Å². The lowest BCUT2D eigenvalue weighted by Crippen LogP contribution is -2.49. The highest BCUT2D eigenvalue weighted by Crippen LogP contribution is 2.39. The van der Waals surface area contributed by atoms with Gasteiger partial charge in [0.2, 0.25) is 10.0 Å². The molecule has 2 N–H and O–H groups in total. The van der Waals surface area contributed by atoms with E-state index in [0.29, 0.717) is 44.3 Å². The highest BCUT2D eigenvalue weighted by atomic mass is 32.2. The third kappa shape index (κ3) is 4.37. The van der Waals surface area contributed by atoms with Crippen LogP contribution in [0.3, 0.4) is 0 Å². The van der Waals surface area contributed by atoms with Crippen LogP contribution in [0.15, 0.2) is 29.2 Å². The van der Waals surface area contributed by atoms with Crippen LogP contribution in [0.1, 0.15) is 29.6 Å². The van der Waals surface area contributed by atoms with Gasteiger partial charge in [-0.15, -0.1) is 11.3 Å². The van der Waals surface area contributed by atoms with Crippen molar-refractivity contribution >= 4 is 37.4 Å². The Balaban J connectivity index is 1.23. The number of anilines is 1. The van der Waals surface area contributed by atoms with E-state index >= 15 is 0 Å². The Bertz CT molecular complexity index is 1290. The molecular weight excluding hydrogens is 461 g/mol. The highest BCUT2D eigenvalue weighted by Gasteiger charge is 2.30. The smallest absolute Gasteiger partial charge is 0.246 e. The summed E-state index contributed by atoms with van der Waals surface area (Å²) in [4.78, 5) is 13.7. The van der Waals surface area contributed by atoms with Gasteiger partial charge in [0.05, 0.1) is 5.39 Å². The molecule has 7 nitrogen and oxygen atoms in total. The number of aromatic nitrogens is 2. The molecule has 5 rings (SSSR count). The molecule has 1 fully saturated rings. The van der Waals surface area contributed by atoms with E-state index in [2.05, 4.69) is 16.8 Å². The maximum atomic E-state index is 14.0. The Hall–Kier alpha value is -2.14. The molecule has 10 heteroatoms. The van der Waals surface area contributed by atoms with Crippen molar-refractivity contribution in [2.24, 2.45) is 5.92 Å². The van der Waals surface area contributed by atoms with Crippen LogP contribution in [-0.2, 0) is 29.3 Å². The van der Waals surface area contributed by atoms with Crippen LogP contribution in [0.4, 0.5) is 10.2 Å². The minimum Gasteiger partial charge on any atom is -0.383 e. The summed E-state index contributed by atoms with van der Waals surface area (Å²) in [5.41, 5.74) is 7.68. The lowest BCUT2D eigenvalue weighted by atomic mass is 9.89. The summed E-state index contributed by atoms with van der Waals surface area (Å²) in [7, 11) is -3.83. The Morgan fingerprint density at radius 1 is 1.18 bits per heavy atom. The van der Waals surface area contributed by atoms with Crippen molar-refractivity contribution in [1.82, 2.24) is 19.2 Å². The van der Waals surface area contributed by atoms with Crippen LogP contribution in [-0.4, -0.2) is 60.3 Å². The average Bonchev–Trinajstić information content (AvgIpc) is 3.16. The van der Waals surface area contributed by atoms with Gasteiger partial charge in [-0.1, -0.05) is 19.1 Å². The van der Waals surface area contributed by atoms with E-state index in [1.807, 2.05) is 0 Å². The number of sulfonamides is 1. The number of hydrogen-bond donors (Lipinski definition) is 1. The molecule has 1 aliphatic carbocycles. The monoisotopic (exact) mass is 489 g/mol. The number of thiophene rings is 1. The summed E-state index contributed by atoms with van der Waals surface area (Å²) < 4.78 is 41.0. The first-order valence-electron chi connectivity index (χ1n) is 11.4. The van der Waals surface area contributed by atoms with Crippen LogP contribution in [0.2, 0.25) is 0 Å². The van der Waals surface area contributed by atoms with Gasteiger partial charge >= 0.3 is 0 Å². The zero-order valence-electron chi connectivity index (χ0n) is 18.6. The number of fused-ring (bicyclic) bond motifs is 3. The minimum absolute atomic E-state index is 0.260. The lowest BCUT2D eigenvalue weighted by Gasteiger charge is -2.33. The molecule has 0 spiro atoms. The molecule has 1 aromatic carbocycles. The maximum Gasteiger partial charge on any atom is 0.246 e. The molecule has 3 aromatic rings. The fourth-order valence-electron chi connectivity index (χ4n) is 4.77. The summed E-state index contributed by atoms with van der Waals surface area (Å²) in [6.07, 6.45) is 3.96. The lowest BCUT2D eigenvalue weighted by molar-refractivity contribution is 0.189. The number of aryl methyl sites for hydroxylation is 1. The zero-order chi connectivity index (χ0) is 23.2. The second kappa shape index (κ2) is 8.90. The molecule has 1 atom stereocenters. The standard InChI is InChI=1S/C23H28FN5O2S2/c1-15-6-7-16-18(14-15)32-23-21(16)22(25)26-20(27-23)8-9-28-10-12-29(13-11-28)33(30,31)19-5-3-2-4-17(19)24/h2-5,15H,6-14H2,1H3,(H2,25,26,27)/t15-/m0/s1. The van der Waals surface area contributed by atoms with E-state index in [0.717, 1.165) is 35.4 Å². The molecule has 0 saturated carbocycles. The topological polar surface area (TPSA) is 92.4 Å². The number of nitrogens with zero attached hydrogens (tertiary/aromatic N) is 4. The molecule has 2 aromatic heterocycles. The molecule has 0 bridgehead atoms. The molecule has 33 heavy (non-hydrogen) atoms. The van der Waals surface area contributed by atoms with Gasteiger partial charge in [0.15, 0.2) is 0 Å². The Kier molecular flexibility index (Phi) is 6.11. The first-order valence-corrected chi connectivity index (χ1v) is 13.6. The van der Waals surface area contributed by atoms with Crippen molar-refractivity contribution in [2.45, 2.75) is 37.5 Å².